The van der Waals surface area contributed by atoms with Crippen molar-refractivity contribution in [1.82, 2.24) is 24.9 Å². The second-order valence-corrected chi connectivity index (χ2v) is 12.1. The summed E-state index contributed by atoms with van der Waals surface area (Å²) in [5.41, 5.74) is 4.53. The summed E-state index contributed by atoms with van der Waals surface area (Å²) >= 11 is 0. The van der Waals surface area contributed by atoms with Gasteiger partial charge >= 0.3 is 5.97 Å². The Hall–Kier alpha value is -4.47. The Morgan fingerprint density at radius 2 is 1.86 bits per heavy atom. The lowest BCUT2D eigenvalue weighted by molar-refractivity contribution is 0.0594. The summed E-state index contributed by atoms with van der Waals surface area (Å²) in [5, 5.41) is 7.79. The summed E-state index contributed by atoms with van der Waals surface area (Å²) in [5.74, 6) is 1.01. The molecule has 3 aromatic heterocycles. The third kappa shape index (κ3) is 4.64. The van der Waals surface area contributed by atoms with Crippen LogP contribution in [-0.4, -0.2) is 70.8 Å². The number of aryl methyl sites for hydroxylation is 1. The average molecular weight is 566 g/mol. The standard InChI is InChI=1S/C32H35N7O3/c1-20-16-22(38-15-13-32(2,19-38)21-8-5-4-6-9-21)17-39-29(20)35-28(36-39)30(40)34-27-23-12-14-37(18-24(23)27)26-11-7-10-25(33-26)31(41)42-3/h4-11,16-17,23-24,27H,12-15,18-19H2,1-3H3,(H,34,40)/t23?,24?,27?,32-/m0/s1. The van der Waals surface area contributed by atoms with E-state index >= 15 is 0 Å². The first kappa shape index (κ1) is 26.4. The van der Waals surface area contributed by atoms with Crippen LogP contribution in [0.3, 0.4) is 0 Å². The minimum Gasteiger partial charge on any atom is -0.464 e. The molecule has 1 saturated carbocycles. The molecule has 0 spiro atoms. The van der Waals surface area contributed by atoms with Gasteiger partial charge in [-0.2, -0.15) is 0 Å². The zero-order valence-corrected chi connectivity index (χ0v) is 24.2. The summed E-state index contributed by atoms with van der Waals surface area (Å²) in [7, 11) is 1.35. The minimum absolute atomic E-state index is 0.0785. The highest BCUT2D eigenvalue weighted by molar-refractivity contribution is 5.91. The molecule has 10 heteroatoms. The van der Waals surface area contributed by atoms with Crippen molar-refractivity contribution < 1.29 is 14.3 Å². The van der Waals surface area contributed by atoms with Crippen molar-refractivity contribution in [1.29, 1.82) is 0 Å². The van der Waals surface area contributed by atoms with E-state index in [-0.39, 0.29) is 23.2 Å². The van der Waals surface area contributed by atoms with Crippen LogP contribution in [-0.2, 0) is 10.2 Å². The van der Waals surface area contributed by atoms with Gasteiger partial charge in [-0.05, 0) is 55.0 Å². The first-order chi connectivity index (χ1) is 20.3. The number of anilines is 2. The molecule has 1 aromatic carbocycles. The van der Waals surface area contributed by atoms with Crippen LogP contribution in [0.4, 0.5) is 11.5 Å². The van der Waals surface area contributed by atoms with Crippen molar-refractivity contribution in [2.45, 2.75) is 38.1 Å². The number of piperidine rings is 1. The molecular weight excluding hydrogens is 530 g/mol. The van der Waals surface area contributed by atoms with Crippen LogP contribution in [0.1, 0.15) is 52.0 Å². The summed E-state index contributed by atoms with van der Waals surface area (Å²) in [6.07, 6.45) is 4.01. The van der Waals surface area contributed by atoms with Crippen LogP contribution >= 0.6 is 0 Å². The molecule has 1 N–H and O–H groups in total. The van der Waals surface area contributed by atoms with Crippen molar-refractivity contribution in [3.8, 4) is 0 Å². The van der Waals surface area contributed by atoms with E-state index in [0.29, 0.717) is 23.2 Å². The number of hydrogen-bond acceptors (Lipinski definition) is 8. The smallest absolute Gasteiger partial charge is 0.356 e. The van der Waals surface area contributed by atoms with Gasteiger partial charge in [0.05, 0.1) is 19.0 Å². The van der Waals surface area contributed by atoms with Gasteiger partial charge in [-0.15, -0.1) is 5.10 Å². The minimum atomic E-state index is -0.448. The Morgan fingerprint density at radius 3 is 2.67 bits per heavy atom. The van der Waals surface area contributed by atoms with Gasteiger partial charge in [-0.25, -0.2) is 19.3 Å². The number of hydrogen-bond donors (Lipinski definition) is 1. The van der Waals surface area contributed by atoms with Crippen LogP contribution in [0, 0.1) is 18.8 Å². The van der Waals surface area contributed by atoms with Crippen molar-refractivity contribution in [3.05, 3.63) is 83.4 Å². The van der Waals surface area contributed by atoms with Crippen LogP contribution in [0.2, 0.25) is 0 Å². The number of ether oxygens (including phenoxy) is 1. The molecule has 3 fully saturated rings. The number of rotatable bonds is 6. The second kappa shape index (κ2) is 10.1. The molecule has 2 aliphatic heterocycles. The van der Waals surface area contributed by atoms with Crippen LogP contribution in [0.25, 0.3) is 5.65 Å². The average Bonchev–Trinajstić information content (AvgIpc) is 3.31. The number of nitrogens with zero attached hydrogens (tertiary/aromatic N) is 6. The number of fused-ring (bicyclic) bond motifs is 2. The molecule has 2 saturated heterocycles. The molecule has 7 rings (SSSR count). The van der Waals surface area contributed by atoms with Crippen molar-refractivity contribution in [2.24, 2.45) is 11.8 Å². The van der Waals surface area contributed by atoms with E-state index in [0.717, 1.165) is 56.1 Å². The van der Waals surface area contributed by atoms with E-state index in [4.69, 9.17) is 4.74 Å². The SMILES string of the molecule is COC(=O)c1cccc(N2CCC3C(C2)C3NC(=O)c2nc3c(C)cc(N4CC[C@](C)(c5ccccc5)C4)cn3n2)n1. The molecule has 216 valence electrons. The number of carbonyl (C=O) groups is 2. The van der Waals surface area contributed by atoms with Gasteiger partial charge in [-0.3, -0.25) is 4.79 Å². The van der Waals surface area contributed by atoms with Crippen molar-refractivity contribution >= 4 is 29.0 Å². The van der Waals surface area contributed by atoms with E-state index in [1.807, 2.05) is 25.3 Å². The topological polar surface area (TPSA) is 105 Å². The van der Waals surface area contributed by atoms with E-state index in [1.165, 1.54) is 12.7 Å². The molecule has 3 unspecified atom stereocenters. The molecule has 1 amide bonds. The normalized spacial score (nSPS) is 24.9. The molecule has 0 radical (unpaired) electrons. The first-order valence-corrected chi connectivity index (χ1v) is 14.6. The highest BCUT2D eigenvalue weighted by atomic mass is 16.5. The molecule has 0 bridgehead atoms. The van der Waals surface area contributed by atoms with Crippen molar-refractivity contribution in [2.75, 3.05) is 43.1 Å². The fourth-order valence-electron chi connectivity index (χ4n) is 6.85. The maximum atomic E-state index is 13.3. The van der Waals surface area contributed by atoms with E-state index in [9.17, 15) is 9.59 Å². The van der Waals surface area contributed by atoms with E-state index < -0.39 is 5.97 Å². The molecule has 10 nitrogen and oxygen atoms in total. The van der Waals surface area contributed by atoms with Gasteiger partial charge in [-0.1, -0.05) is 43.3 Å². The maximum absolute atomic E-state index is 13.3. The summed E-state index contributed by atoms with van der Waals surface area (Å²) in [6, 6.07) is 18.3. The second-order valence-electron chi connectivity index (χ2n) is 12.1. The number of pyridine rings is 2. The lowest BCUT2D eigenvalue weighted by atomic mass is 9.82. The predicted octanol–water partition coefficient (Wildman–Crippen LogP) is 3.64. The highest BCUT2D eigenvalue weighted by Gasteiger charge is 2.54. The number of esters is 1. The highest BCUT2D eigenvalue weighted by Crippen LogP contribution is 2.46. The van der Waals surface area contributed by atoms with Gasteiger partial charge in [0.2, 0.25) is 5.82 Å². The fourth-order valence-corrected chi connectivity index (χ4v) is 6.85. The number of carbonyl (C=O) groups excluding carboxylic acids is 2. The largest absolute Gasteiger partial charge is 0.464 e. The third-order valence-corrected chi connectivity index (χ3v) is 9.36. The zero-order chi connectivity index (χ0) is 29.0. The summed E-state index contributed by atoms with van der Waals surface area (Å²) < 4.78 is 6.56. The Labute approximate surface area is 244 Å². The number of benzene rings is 1. The van der Waals surface area contributed by atoms with Crippen molar-refractivity contribution in [3.63, 3.8) is 0 Å². The predicted molar refractivity (Wildman–Crippen MR) is 159 cm³/mol. The van der Waals surface area contributed by atoms with E-state index in [1.54, 1.807) is 10.6 Å². The molecule has 42 heavy (non-hydrogen) atoms. The van der Waals surface area contributed by atoms with Gasteiger partial charge in [0.15, 0.2) is 11.3 Å². The monoisotopic (exact) mass is 565 g/mol. The number of aromatic nitrogens is 4. The first-order valence-electron chi connectivity index (χ1n) is 14.6. The zero-order valence-electron chi connectivity index (χ0n) is 24.2. The summed E-state index contributed by atoms with van der Waals surface area (Å²) in [4.78, 5) is 38.8. The van der Waals surface area contributed by atoms with Crippen LogP contribution in [0.5, 0.6) is 0 Å². The molecule has 4 aromatic rings. The maximum Gasteiger partial charge on any atom is 0.356 e. The Bertz CT molecular complexity index is 1670. The number of nitrogens with one attached hydrogen (secondary N) is 1. The number of amides is 1. The van der Waals surface area contributed by atoms with Crippen LogP contribution in [0.15, 0.2) is 60.8 Å². The van der Waals surface area contributed by atoms with Gasteiger partial charge in [0.25, 0.3) is 5.91 Å². The van der Waals surface area contributed by atoms with E-state index in [2.05, 4.69) is 73.5 Å². The lowest BCUT2D eigenvalue weighted by Crippen LogP contribution is -2.33. The van der Waals surface area contributed by atoms with Crippen LogP contribution < -0.4 is 15.1 Å². The fraction of sp³-hybridized carbons (Fsp3) is 0.406. The number of methoxy groups -OCH3 is 1. The quantitative estimate of drug-likeness (QED) is 0.354. The Balaban J connectivity index is 1.02. The lowest BCUT2D eigenvalue weighted by Gasteiger charge is -2.27. The summed E-state index contributed by atoms with van der Waals surface area (Å²) in [6.45, 7) is 7.83. The Kier molecular flexibility index (Phi) is 6.36. The molecule has 3 aliphatic rings. The molecule has 4 atom stereocenters. The molecule has 1 aliphatic carbocycles. The Morgan fingerprint density at radius 1 is 1.02 bits per heavy atom. The van der Waals surface area contributed by atoms with Gasteiger partial charge < -0.3 is 19.9 Å². The van der Waals surface area contributed by atoms with Gasteiger partial charge in [0.1, 0.15) is 5.82 Å². The molecular formula is C32H35N7O3. The molecule has 5 heterocycles. The van der Waals surface area contributed by atoms with Gasteiger partial charge in [0, 0.05) is 43.6 Å². The third-order valence-electron chi connectivity index (χ3n) is 9.36.